The predicted molar refractivity (Wildman–Crippen MR) is 70.6 cm³/mol. The summed E-state index contributed by atoms with van der Waals surface area (Å²) in [5, 5.41) is 0. The van der Waals surface area contributed by atoms with Gasteiger partial charge in [0.25, 0.3) is 0 Å². The van der Waals surface area contributed by atoms with E-state index in [2.05, 4.69) is 4.74 Å². The number of nitrogens with zero attached hydrogens (tertiary/aromatic N) is 1. The summed E-state index contributed by atoms with van der Waals surface area (Å²) in [5.41, 5.74) is 4.65. The minimum atomic E-state index is -0.641. The van der Waals surface area contributed by atoms with E-state index < -0.39 is 35.4 Å². The van der Waals surface area contributed by atoms with Crippen LogP contribution in [0.2, 0.25) is 0 Å². The van der Waals surface area contributed by atoms with Crippen molar-refractivity contribution in [3.63, 3.8) is 0 Å². The van der Waals surface area contributed by atoms with E-state index >= 15 is 0 Å². The molecule has 0 aromatic rings. The number of carbonyl (C=O) groups excluding carboxylic acids is 3. The normalized spacial score (nSPS) is 23.1. The first-order valence-electron chi connectivity index (χ1n) is 6.49. The van der Waals surface area contributed by atoms with Crippen molar-refractivity contribution in [2.75, 3.05) is 20.2 Å². The minimum absolute atomic E-state index is 0.164. The average molecular weight is 286 g/mol. The lowest BCUT2D eigenvalue weighted by Gasteiger charge is -2.36. The maximum Gasteiger partial charge on any atom is 0.410 e. The zero-order valence-electron chi connectivity index (χ0n) is 12.3. The molecule has 2 atom stereocenters. The van der Waals surface area contributed by atoms with Gasteiger partial charge in [0.2, 0.25) is 5.91 Å². The molecule has 2 amide bonds. The van der Waals surface area contributed by atoms with Crippen molar-refractivity contribution in [1.29, 1.82) is 0 Å². The van der Waals surface area contributed by atoms with Gasteiger partial charge in [-0.25, -0.2) is 4.79 Å². The number of piperidine rings is 1. The molecule has 1 aliphatic heterocycles. The SMILES string of the molecule is COC(=O)[C@@H]1C[C@H](C(N)=O)CN(C(=O)OC(C)(C)C)C1. The van der Waals surface area contributed by atoms with Crippen molar-refractivity contribution < 1.29 is 23.9 Å². The van der Waals surface area contributed by atoms with Crippen molar-refractivity contribution >= 4 is 18.0 Å². The van der Waals surface area contributed by atoms with E-state index in [1.54, 1.807) is 20.8 Å². The molecule has 0 saturated carbocycles. The highest BCUT2D eigenvalue weighted by Gasteiger charge is 2.38. The molecule has 0 aliphatic carbocycles. The molecule has 1 saturated heterocycles. The van der Waals surface area contributed by atoms with E-state index in [0.29, 0.717) is 6.42 Å². The maximum absolute atomic E-state index is 12.0. The molecule has 114 valence electrons. The quantitative estimate of drug-likeness (QED) is 0.746. The number of amides is 2. The predicted octanol–water partition coefficient (Wildman–Crippen LogP) is 0.518. The second-order valence-electron chi connectivity index (χ2n) is 5.94. The Kier molecular flexibility index (Phi) is 4.97. The molecule has 7 nitrogen and oxygen atoms in total. The van der Waals surface area contributed by atoms with Crippen LogP contribution in [0.4, 0.5) is 4.79 Å². The van der Waals surface area contributed by atoms with Gasteiger partial charge in [-0.2, -0.15) is 0 Å². The van der Waals surface area contributed by atoms with E-state index in [1.165, 1.54) is 12.0 Å². The van der Waals surface area contributed by atoms with Gasteiger partial charge >= 0.3 is 12.1 Å². The molecule has 2 N–H and O–H groups in total. The van der Waals surface area contributed by atoms with Gasteiger partial charge in [0.05, 0.1) is 18.9 Å². The van der Waals surface area contributed by atoms with Crippen molar-refractivity contribution in [1.82, 2.24) is 4.90 Å². The average Bonchev–Trinajstić information content (AvgIpc) is 2.35. The molecule has 7 heteroatoms. The Balaban J connectivity index is 2.82. The van der Waals surface area contributed by atoms with Gasteiger partial charge in [-0.1, -0.05) is 0 Å². The molecule has 0 aromatic carbocycles. The minimum Gasteiger partial charge on any atom is -0.469 e. The first-order valence-corrected chi connectivity index (χ1v) is 6.49. The first-order chi connectivity index (χ1) is 9.14. The molecule has 0 bridgehead atoms. The molecule has 0 radical (unpaired) electrons. The summed E-state index contributed by atoms with van der Waals surface area (Å²) < 4.78 is 9.93. The summed E-state index contributed by atoms with van der Waals surface area (Å²) in [6, 6.07) is 0. The number of methoxy groups -OCH3 is 1. The summed E-state index contributed by atoms with van der Waals surface area (Å²) in [6.07, 6.45) is -0.265. The van der Waals surface area contributed by atoms with Crippen molar-refractivity contribution in [3.05, 3.63) is 0 Å². The van der Waals surface area contributed by atoms with Crippen LogP contribution in [0.25, 0.3) is 0 Å². The molecule has 0 unspecified atom stereocenters. The summed E-state index contributed by atoms with van der Waals surface area (Å²) >= 11 is 0. The lowest BCUT2D eigenvalue weighted by molar-refractivity contribution is -0.148. The number of rotatable bonds is 2. The Bertz CT molecular complexity index is 402. The number of likely N-dealkylation sites (tertiary alicyclic amines) is 1. The summed E-state index contributed by atoms with van der Waals surface area (Å²) in [4.78, 5) is 36.4. The van der Waals surface area contributed by atoms with Gasteiger partial charge in [0.1, 0.15) is 5.60 Å². The van der Waals surface area contributed by atoms with Crippen molar-refractivity contribution in [2.45, 2.75) is 32.8 Å². The smallest absolute Gasteiger partial charge is 0.410 e. The lowest BCUT2D eigenvalue weighted by Crippen LogP contribution is -2.50. The Morgan fingerprint density at radius 2 is 1.70 bits per heavy atom. The molecule has 1 rings (SSSR count). The third kappa shape index (κ3) is 4.40. The highest BCUT2D eigenvalue weighted by Crippen LogP contribution is 2.24. The van der Waals surface area contributed by atoms with Crippen molar-refractivity contribution in [2.24, 2.45) is 17.6 Å². The number of primary amides is 1. The van der Waals surface area contributed by atoms with Gasteiger partial charge in [-0.3, -0.25) is 9.59 Å². The van der Waals surface area contributed by atoms with Gasteiger partial charge < -0.3 is 20.1 Å². The van der Waals surface area contributed by atoms with Crippen molar-refractivity contribution in [3.8, 4) is 0 Å². The number of nitrogens with two attached hydrogens (primary N) is 1. The summed E-state index contributed by atoms with van der Waals surface area (Å²) in [5.74, 6) is -2.11. The third-order valence-corrected chi connectivity index (χ3v) is 3.04. The maximum atomic E-state index is 12.0. The van der Waals surface area contributed by atoms with Crippen LogP contribution in [-0.2, 0) is 19.1 Å². The molecular formula is C13H22N2O5. The van der Waals surface area contributed by atoms with E-state index in [9.17, 15) is 14.4 Å². The Morgan fingerprint density at radius 1 is 1.15 bits per heavy atom. The van der Waals surface area contributed by atoms with E-state index in [4.69, 9.17) is 10.5 Å². The van der Waals surface area contributed by atoms with Gasteiger partial charge in [0, 0.05) is 13.1 Å². The van der Waals surface area contributed by atoms with Gasteiger partial charge in [-0.15, -0.1) is 0 Å². The zero-order chi connectivity index (χ0) is 15.5. The van der Waals surface area contributed by atoms with Crippen LogP contribution in [0.1, 0.15) is 27.2 Å². The fourth-order valence-electron chi connectivity index (χ4n) is 2.12. The fraction of sp³-hybridized carbons (Fsp3) is 0.769. The number of hydrogen-bond donors (Lipinski definition) is 1. The summed E-state index contributed by atoms with van der Waals surface area (Å²) in [6.45, 7) is 5.58. The van der Waals surface area contributed by atoms with Crippen LogP contribution in [0.5, 0.6) is 0 Å². The zero-order valence-corrected chi connectivity index (χ0v) is 12.3. The van der Waals surface area contributed by atoms with Crippen LogP contribution < -0.4 is 5.73 Å². The molecule has 0 aromatic heterocycles. The molecule has 1 aliphatic rings. The monoisotopic (exact) mass is 286 g/mol. The molecule has 1 heterocycles. The first kappa shape index (κ1) is 16.3. The Hall–Kier alpha value is -1.79. The second kappa shape index (κ2) is 6.11. The number of hydrogen-bond acceptors (Lipinski definition) is 5. The molecule has 1 fully saturated rings. The number of carbonyl (C=O) groups is 3. The highest BCUT2D eigenvalue weighted by atomic mass is 16.6. The van der Waals surface area contributed by atoms with Gasteiger partial charge in [0.15, 0.2) is 0 Å². The van der Waals surface area contributed by atoms with Crippen LogP contribution >= 0.6 is 0 Å². The largest absolute Gasteiger partial charge is 0.469 e. The molecule has 20 heavy (non-hydrogen) atoms. The number of ether oxygens (including phenoxy) is 2. The van der Waals surface area contributed by atoms with Crippen LogP contribution in [0.3, 0.4) is 0 Å². The Labute approximate surface area is 118 Å². The second-order valence-corrected chi connectivity index (χ2v) is 5.94. The van der Waals surface area contributed by atoms with E-state index in [0.717, 1.165) is 0 Å². The topological polar surface area (TPSA) is 98.9 Å². The number of esters is 1. The fourth-order valence-corrected chi connectivity index (χ4v) is 2.12. The molecular weight excluding hydrogens is 264 g/mol. The van der Waals surface area contributed by atoms with Crippen LogP contribution in [0.15, 0.2) is 0 Å². The highest BCUT2D eigenvalue weighted by molar-refractivity contribution is 5.81. The molecule has 0 spiro atoms. The summed E-state index contributed by atoms with van der Waals surface area (Å²) in [7, 11) is 1.27. The van der Waals surface area contributed by atoms with Crippen LogP contribution in [0, 0.1) is 11.8 Å². The Morgan fingerprint density at radius 3 is 2.15 bits per heavy atom. The lowest BCUT2D eigenvalue weighted by atomic mass is 9.89. The third-order valence-electron chi connectivity index (χ3n) is 3.04. The van der Waals surface area contributed by atoms with E-state index in [1.807, 2.05) is 0 Å². The standard InChI is InChI=1S/C13H22N2O5/c1-13(2,3)20-12(18)15-6-8(10(14)16)5-9(7-15)11(17)19-4/h8-9H,5-7H2,1-4H3,(H2,14,16)/t8-,9+/m0/s1. The van der Waals surface area contributed by atoms with Gasteiger partial charge in [-0.05, 0) is 27.2 Å². The van der Waals surface area contributed by atoms with Crippen LogP contribution in [-0.4, -0.2) is 48.7 Å². The van der Waals surface area contributed by atoms with E-state index in [-0.39, 0.29) is 13.1 Å².